The second kappa shape index (κ2) is 5.43. The highest BCUT2D eigenvalue weighted by atomic mass is 16.2. The molecule has 0 spiro atoms. The highest BCUT2D eigenvalue weighted by molar-refractivity contribution is 5.85. The van der Waals surface area contributed by atoms with Gasteiger partial charge >= 0.3 is 0 Å². The molecule has 102 valence electrons. The van der Waals surface area contributed by atoms with Gasteiger partial charge in [-0.05, 0) is 19.3 Å². The summed E-state index contributed by atoms with van der Waals surface area (Å²) in [6.07, 6.45) is 6.07. The zero-order chi connectivity index (χ0) is 13.9. The van der Waals surface area contributed by atoms with E-state index in [0.29, 0.717) is 19.4 Å². The van der Waals surface area contributed by atoms with Crippen LogP contribution in [0.3, 0.4) is 0 Å². The number of rotatable bonds is 4. The normalized spacial score (nSPS) is 17.1. The maximum Gasteiger partial charge on any atom is 0.240 e. The fourth-order valence-corrected chi connectivity index (χ4v) is 2.74. The monoisotopic (exact) mass is 260 g/mol. The molecule has 19 heavy (non-hydrogen) atoms. The highest BCUT2D eigenvalue weighted by Gasteiger charge is 2.41. The Morgan fingerprint density at radius 2 is 2.26 bits per heavy atom. The number of nitrogens with zero attached hydrogens (tertiary/aromatic N) is 3. The van der Waals surface area contributed by atoms with Gasteiger partial charge in [-0.15, -0.1) is 0 Å². The summed E-state index contributed by atoms with van der Waals surface area (Å²) < 4.78 is 1.76. The van der Waals surface area contributed by atoms with Crippen LogP contribution in [0.2, 0.25) is 0 Å². The van der Waals surface area contributed by atoms with Crippen molar-refractivity contribution >= 4 is 5.91 Å². The van der Waals surface area contributed by atoms with Crippen molar-refractivity contribution in [2.24, 2.45) is 12.5 Å². The van der Waals surface area contributed by atoms with Crippen LogP contribution in [0.25, 0.3) is 0 Å². The first-order valence-corrected chi connectivity index (χ1v) is 6.82. The quantitative estimate of drug-likeness (QED) is 0.895. The number of hydrogen-bond acceptors (Lipinski definition) is 3. The van der Waals surface area contributed by atoms with Crippen molar-refractivity contribution in [2.75, 3.05) is 0 Å². The third-order valence-electron chi connectivity index (χ3n) is 3.87. The van der Waals surface area contributed by atoms with Gasteiger partial charge in [0, 0.05) is 25.4 Å². The maximum absolute atomic E-state index is 12.2. The van der Waals surface area contributed by atoms with E-state index in [-0.39, 0.29) is 5.91 Å². The van der Waals surface area contributed by atoms with Crippen LogP contribution >= 0.6 is 0 Å². The van der Waals surface area contributed by atoms with Crippen molar-refractivity contribution in [1.82, 2.24) is 15.1 Å². The molecule has 5 heteroatoms. The number of nitriles is 1. The Labute approximate surface area is 113 Å². The van der Waals surface area contributed by atoms with Crippen LogP contribution in [0.4, 0.5) is 0 Å². The lowest BCUT2D eigenvalue weighted by molar-refractivity contribution is -0.128. The van der Waals surface area contributed by atoms with E-state index in [1.807, 2.05) is 20.2 Å². The summed E-state index contributed by atoms with van der Waals surface area (Å²) in [5, 5.41) is 16.5. The molecule has 0 aliphatic heterocycles. The molecule has 0 atom stereocenters. The van der Waals surface area contributed by atoms with E-state index in [9.17, 15) is 10.1 Å². The third kappa shape index (κ3) is 2.62. The number of carbonyl (C=O) groups excluding carboxylic acids is 1. The number of carbonyl (C=O) groups is 1. The maximum atomic E-state index is 12.2. The van der Waals surface area contributed by atoms with Crippen molar-refractivity contribution in [2.45, 2.75) is 45.6 Å². The van der Waals surface area contributed by atoms with Gasteiger partial charge in [0.25, 0.3) is 0 Å². The van der Waals surface area contributed by atoms with Gasteiger partial charge < -0.3 is 5.32 Å². The van der Waals surface area contributed by atoms with Crippen LogP contribution in [-0.2, 0) is 24.8 Å². The van der Waals surface area contributed by atoms with E-state index >= 15 is 0 Å². The average molecular weight is 260 g/mol. The fourth-order valence-electron chi connectivity index (χ4n) is 2.74. The van der Waals surface area contributed by atoms with E-state index in [4.69, 9.17) is 0 Å². The van der Waals surface area contributed by atoms with Gasteiger partial charge in [-0.3, -0.25) is 9.48 Å². The summed E-state index contributed by atoms with van der Waals surface area (Å²) in [6, 6.07) is 2.21. The van der Waals surface area contributed by atoms with Crippen molar-refractivity contribution in [3.8, 4) is 6.07 Å². The standard InChI is InChI=1S/C14H20N4O/c1-3-12-11(9-18(2)17-12)8-16-13(19)14(10-15)6-4-5-7-14/h9H,3-8H2,1-2H3,(H,16,19). The van der Waals surface area contributed by atoms with Gasteiger partial charge in [0.15, 0.2) is 0 Å². The first kappa shape index (κ1) is 13.6. The Morgan fingerprint density at radius 1 is 1.58 bits per heavy atom. The van der Waals surface area contributed by atoms with Gasteiger partial charge in [-0.25, -0.2) is 0 Å². The molecular weight excluding hydrogens is 240 g/mol. The lowest BCUT2D eigenvalue weighted by atomic mass is 9.87. The Morgan fingerprint density at radius 3 is 2.84 bits per heavy atom. The summed E-state index contributed by atoms with van der Waals surface area (Å²) in [5.41, 5.74) is 1.24. The molecule has 1 aromatic heterocycles. The second-order valence-corrected chi connectivity index (χ2v) is 5.21. The Balaban J connectivity index is 2.02. The molecule has 0 bridgehead atoms. The van der Waals surface area contributed by atoms with Crippen LogP contribution in [-0.4, -0.2) is 15.7 Å². The van der Waals surface area contributed by atoms with Gasteiger partial charge in [-0.2, -0.15) is 10.4 Å². The van der Waals surface area contributed by atoms with Gasteiger partial charge in [0.05, 0.1) is 11.8 Å². The molecule has 1 fully saturated rings. The minimum Gasteiger partial charge on any atom is -0.351 e. The van der Waals surface area contributed by atoms with Crippen LogP contribution < -0.4 is 5.32 Å². The predicted molar refractivity (Wildman–Crippen MR) is 70.9 cm³/mol. The largest absolute Gasteiger partial charge is 0.351 e. The van der Waals surface area contributed by atoms with Gasteiger partial charge in [-0.1, -0.05) is 19.8 Å². The van der Waals surface area contributed by atoms with Crippen molar-refractivity contribution in [3.05, 3.63) is 17.5 Å². The molecule has 5 nitrogen and oxygen atoms in total. The van der Waals surface area contributed by atoms with Crippen LogP contribution in [0.1, 0.15) is 43.9 Å². The molecule has 0 saturated heterocycles. The smallest absolute Gasteiger partial charge is 0.240 e. The average Bonchev–Trinajstić information content (AvgIpc) is 3.02. The Kier molecular flexibility index (Phi) is 3.89. The van der Waals surface area contributed by atoms with Gasteiger partial charge in [0.1, 0.15) is 5.41 Å². The molecule has 1 aliphatic rings. The number of amides is 1. The summed E-state index contributed by atoms with van der Waals surface area (Å²) in [5.74, 6) is -0.126. The van der Waals surface area contributed by atoms with Crippen LogP contribution in [0.5, 0.6) is 0 Å². The first-order chi connectivity index (χ1) is 9.11. The number of aryl methyl sites for hydroxylation is 2. The number of hydrogen-bond donors (Lipinski definition) is 1. The van der Waals surface area contributed by atoms with Crippen LogP contribution in [0.15, 0.2) is 6.20 Å². The first-order valence-electron chi connectivity index (χ1n) is 6.82. The summed E-state index contributed by atoms with van der Waals surface area (Å²) in [4.78, 5) is 12.2. The van der Waals surface area contributed by atoms with E-state index in [0.717, 1.165) is 30.5 Å². The van der Waals surface area contributed by atoms with E-state index in [2.05, 4.69) is 16.5 Å². The summed E-state index contributed by atoms with van der Waals surface area (Å²) in [7, 11) is 1.87. The van der Waals surface area contributed by atoms with Crippen molar-refractivity contribution in [3.63, 3.8) is 0 Å². The molecule has 0 aromatic carbocycles. The Bertz CT molecular complexity index is 506. The topological polar surface area (TPSA) is 70.7 Å². The highest BCUT2D eigenvalue weighted by Crippen LogP contribution is 2.37. The zero-order valence-electron chi connectivity index (χ0n) is 11.6. The molecule has 2 rings (SSSR count). The zero-order valence-corrected chi connectivity index (χ0v) is 11.6. The molecule has 1 saturated carbocycles. The minimum atomic E-state index is -0.797. The fraction of sp³-hybridized carbons (Fsp3) is 0.643. The SMILES string of the molecule is CCc1nn(C)cc1CNC(=O)C1(C#N)CCCC1. The summed E-state index contributed by atoms with van der Waals surface area (Å²) >= 11 is 0. The number of aromatic nitrogens is 2. The molecule has 1 aromatic rings. The molecule has 1 heterocycles. The lowest BCUT2D eigenvalue weighted by Gasteiger charge is -2.19. The minimum absolute atomic E-state index is 0.126. The molecule has 0 unspecified atom stereocenters. The van der Waals surface area contributed by atoms with Gasteiger partial charge in [0.2, 0.25) is 5.91 Å². The Hall–Kier alpha value is -1.83. The number of nitrogens with one attached hydrogen (secondary N) is 1. The molecule has 1 aliphatic carbocycles. The lowest BCUT2D eigenvalue weighted by Crippen LogP contribution is -2.37. The molecular formula is C14H20N4O. The van der Waals surface area contributed by atoms with Crippen molar-refractivity contribution < 1.29 is 4.79 Å². The second-order valence-electron chi connectivity index (χ2n) is 5.21. The van der Waals surface area contributed by atoms with Crippen molar-refractivity contribution in [1.29, 1.82) is 5.26 Å². The molecule has 1 amide bonds. The molecule has 0 radical (unpaired) electrons. The van der Waals surface area contributed by atoms with E-state index < -0.39 is 5.41 Å². The predicted octanol–water partition coefficient (Wildman–Crippen LogP) is 1.68. The molecule has 1 N–H and O–H groups in total. The van der Waals surface area contributed by atoms with Crippen LogP contribution in [0, 0.1) is 16.7 Å². The van der Waals surface area contributed by atoms with E-state index in [1.54, 1.807) is 4.68 Å². The summed E-state index contributed by atoms with van der Waals surface area (Å²) in [6.45, 7) is 2.50. The van der Waals surface area contributed by atoms with E-state index in [1.165, 1.54) is 0 Å². The third-order valence-corrected chi connectivity index (χ3v) is 3.87.